The molecule has 0 bridgehead atoms. The predicted molar refractivity (Wildman–Crippen MR) is 45.4 cm³/mol. The van der Waals surface area contributed by atoms with Crippen LogP contribution in [0.1, 0.15) is 11.4 Å². The minimum Gasteiger partial charge on any atom is -0.256 e. The molecule has 3 nitrogen and oxygen atoms in total. The van der Waals surface area contributed by atoms with E-state index < -0.39 is 11.9 Å². The van der Waals surface area contributed by atoms with Crippen molar-refractivity contribution in [1.82, 2.24) is 9.78 Å². The Morgan fingerprint density at radius 3 is 2.67 bits per heavy atom. The fraction of sp³-hybridized carbons (Fsp3) is 0.333. The van der Waals surface area contributed by atoms with E-state index in [1.807, 2.05) is 0 Å². The van der Waals surface area contributed by atoms with Gasteiger partial charge in [-0.05, 0) is 6.07 Å². The number of halogens is 3. The van der Waals surface area contributed by atoms with Gasteiger partial charge in [0.2, 0.25) is 0 Å². The number of alkyl halides is 3. The molecule has 0 aliphatic carbocycles. The fourth-order valence-corrected chi connectivity index (χ4v) is 1.04. The van der Waals surface area contributed by atoms with Crippen molar-refractivity contribution in [2.75, 3.05) is 0 Å². The van der Waals surface area contributed by atoms with Crippen molar-refractivity contribution in [3.63, 3.8) is 0 Å². The van der Waals surface area contributed by atoms with E-state index in [9.17, 15) is 13.2 Å². The highest BCUT2D eigenvalue weighted by Gasteiger charge is 2.34. The van der Waals surface area contributed by atoms with Gasteiger partial charge in [0.1, 0.15) is 6.54 Å². The Balaban J connectivity index is 3.11. The minimum atomic E-state index is -4.51. The topological polar surface area (TPSA) is 41.6 Å². The number of nitriles is 1. The summed E-state index contributed by atoms with van der Waals surface area (Å²) in [5.74, 6) is 2.17. The lowest BCUT2D eigenvalue weighted by Crippen LogP contribution is -2.08. The highest BCUT2D eigenvalue weighted by molar-refractivity contribution is 5.17. The highest BCUT2D eigenvalue weighted by atomic mass is 19.4. The maximum Gasteiger partial charge on any atom is 0.435 e. The molecule has 1 aromatic rings. The van der Waals surface area contributed by atoms with Gasteiger partial charge in [0.05, 0.1) is 18.2 Å². The second-order valence-electron chi connectivity index (χ2n) is 2.72. The van der Waals surface area contributed by atoms with E-state index in [1.165, 1.54) is 0 Å². The number of rotatable bonds is 2. The molecule has 0 saturated heterocycles. The summed E-state index contributed by atoms with van der Waals surface area (Å²) < 4.78 is 37.8. The van der Waals surface area contributed by atoms with E-state index in [0.717, 1.165) is 10.7 Å². The second kappa shape index (κ2) is 4.05. The summed E-state index contributed by atoms with van der Waals surface area (Å²) in [5.41, 5.74) is -0.856. The van der Waals surface area contributed by atoms with Crippen molar-refractivity contribution < 1.29 is 13.2 Å². The average molecular weight is 213 g/mol. The number of aromatic nitrogens is 2. The lowest BCUT2D eigenvalue weighted by molar-refractivity contribution is -0.141. The van der Waals surface area contributed by atoms with Gasteiger partial charge in [-0.25, -0.2) is 0 Å². The molecule has 78 valence electrons. The number of hydrogen-bond donors (Lipinski definition) is 0. The summed E-state index contributed by atoms with van der Waals surface area (Å²) in [6, 6.07) is 2.58. The lowest BCUT2D eigenvalue weighted by Gasteiger charge is -2.00. The maximum atomic E-state index is 12.3. The number of hydrogen-bond acceptors (Lipinski definition) is 2. The van der Waals surface area contributed by atoms with Gasteiger partial charge in [-0.15, -0.1) is 6.42 Å². The average Bonchev–Trinajstić information content (AvgIpc) is 2.50. The van der Waals surface area contributed by atoms with Crippen molar-refractivity contribution in [2.45, 2.75) is 19.1 Å². The summed E-state index contributed by atoms with van der Waals surface area (Å²) in [5, 5.41) is 11.7. The largest absolute Gasteiger partial charge is 0.435 e. The standard InChI is InChI=1S/C9H6F3N3/c1-2-5-15-7(3-4-13)6-8(14-15)9(10,11)12/h1,6H,3,5H2. The van der Waals surface area contributed by atoms with Gasteiger partial charge in [0.25, 0.3) is 0 Å². The predicted octanol–water partition coefficient (Wildman–Crippen LogP) is 1.60. The van der Waals surface area contributed by atoms with Gasteiger partial charge in [0, 0.05) is 0 Å². The van der Waals surface area contributed by atoms with Gasteiger partial charge in [-0.1, -0.05) is 5.92 Å². The molecule has 6 heteroatoms. The van der Waals surface area contributed by atoms with Crippen LogP contribution in [0.3, 0.4) is 0 Å². The van der Waals surface area contributed by atoms with Gasteiger partial charge in [-0.3, -0.25) is 4.68 Å². The zero-order valence-electron chi connectivity index (χ0n) is 7.54. The van der Waals surface area contributed by atoms with Crippen molar-refractivity contribution in [3.8, 4) is 18.4 Å². The number of terminal acetylenes is 1. The Morgan fingerprint density at radius 1 is 1.53 bits per heavy atom. The molecule has 0 amide bonds. The second-order valence-corrected chi connectivity index (χ2v) is 2.72. The van der Waals surface area contributed by atoms with Crippen LogP contribution in [0.15, 0.2) is 6.07 Å². The monoisotopic (exact) mass is 213 g/mol. The summed E-state index contributed by atoms with van der Waals surface area (Å²) in [6.07, 6.45) is 0.311. The van der Waals surface area contributed by atoms with Gasteiger partial charge in [0.15, 0.2) is 5.69 Å². The third-order valence-corrected chi connectivity index (χ3v) is 1.65. The van der Waals surface area contributed by atoms with Crippen molar-refractivity contribution in [3.05, 3.63) is 17.5 Å². The first-order valence-corrected chi connectivity index (χ1v) is 3.93. The highest BCUT2D eigenvalue weighted by Crippen LogP contribution is 2.28. The molecule has 0 radical (unpaired) electrons. The molecule has 0 aliphatic heterocycles. The Morgan fingerprint density at radius 2 is 2.20 bits per heavy atom. The summed E-state index contributed by atoms with van der Waals surface area (Å²) in [4.78, 5) is 0. The Hall–Kier alpha value is -1.95. The molecule has 0 atom stereocenters. The third kappa shape index (κ3) is 2.50. The summed E-state index contributed by atoms with van der Waals surface area (Å²) in [7, 11) is 0. The quantitative estimate of drug-likeness (QED) is 0.700. The van der Waals surface area contributed by atoms with Crippen LogP contribution in [-0.4, -0.2) is 9.78 Å². The molecule has 1 rings (SSSR count). The van der Waals surface area contributed by atoms with Crippen molar-refractivity contribution in [2.24, 2.45) is 0 Å². The van der Waals surface area contributed by atoms with Crippen LogP contribution in [-0.2, 0) is 19.1 Å². The van der Waals surface area contributed by atoms with Gasteiger partial charge >= 0.3 is 6.18 Å². The van der Waals surface area contributed by atoms with E-state index in [2.05, 4.69) is 11.0 Å². The normalized spacial score (nSPS) is 10.7. The van der Waals surface area contributed by atoms with E-state index >= 15 is 0 Å². The minimum absolute atomic E-state index is 0.0763. The first-order chi connectivity index (χ1) is 6.99. The Labute approximate surface area is 84.1 Å². The Kier molecular flexibility index (Phi) is 3.01. The van der Waals surface area contributed by atoms with Crippen LogP contribution < -0.4 is 0 Å². The molecular formula is C9H6F3N3. The lowest BCUT2D eigenvalue weighted by atomic mass is 10.3. The molecule has 0 fully saturated rings. The zero-order valence-corrected chi connectivity index (χ0v) is 7.54. The van der Waals surface area contributed by atoms with Crippen LogP contribution in [0.2, 0.25) is 0 Å². The van der Waals surface area contributed by atoms with Crippen LogP contribution in [0, 0.1) is 23.7 Å². The molecule has 0 N–H and O–H groups in total. The molecule has 1 heterocycles. The van der Waals surface area contributed by atoms with Crippen molar-refractivity contribution in [1.29, 1.82) is 5.26 Å². The molecule has 15 heavy (non-hydrogen) atoms. The summed E-state index contributed by atoms with van der Waals surface area (Å²) in [6.45, 7) is -0.0763. The van der Waals surface area contributed by atoms with Crippen LogP contribution in [0.25, 0.3) is 0 Å². The zero-order chi connectivity index (χ0) is 11.5. The Bertz CT molecular complexity index is 397. The SMILES string of the molecule is C#CCn1nc(C(F)(F)F)cc1CC#N. The van der Waals surface area contributed by atoms with E-state index in [0.29, 0.717) is 0 Å². The van der Waals surface area contributed by atoms with E-state index in [-0.39, 0.29) is 18.7 Å². The molecule has 0 aliphatic rings. The number of nitrogens with zero attached hydrogens (tertiary/aromatic N) is 3. The molecule has 0 aromatic carbocycles. The van der Waals surface area contributed by atoms with Crippen LogP contribution in [0.5, 0.6) is 0 Å². The first kappa shape index (κ1) is 11.1. The fourth-order valence-electron chi connectivity index (χ4n) is 1.04. The molecule has 0 spiro atoms. The molecule has 0 unspecified atom stereocenters. The van der Waals surface area contributed by atoms with Crippen molar-refractivity contribution >= 4 is 0 Å². The molecule has 1 aromatic heterocycles. The van der Waals surface area contributed by atoms with E-state index in [1.54, 1.807) is 6.07 Å². The maximum absolute atomic E-state index is 12.3. The van der Waals surface area contributed by atoms with E-state index in [4.69, 9.17) is 11.7 Å². The molecule has 0 saturated carbocycles. The van der Waals surface area contributed by atoms with Gasteiger partial charge in [-0.2, -0.15) is 23.5 Å². The molecular weight excluding hydrogens is 207 g/mol. The smallest absolute Gasteiger partial charge is 0.256 e. The third-order valence-electron chi connectivity index (χ3n) is 1.65. The van der Waals surface area contributed by atoms with Crippen LogP contribution >= 0.6 is 0 Å². The first-order valence-electron chi connectivity index (χ1n) is 3.93. The van der Waals surface area contributed by atoms with Gasteiger partial charge < -0.3 is 0 Å². The van der Waals surface area contributed by atoms with Crippen LogP contribution in [0.4, 0.5) is 13.2 Å². The summed E-state index contributed by atoms with van der Waals surface area (Å²) >= 11 is 0.